The van der Waals surface area contributed by atoms with Crippen LogP contribution in [0.3, 0.4) is 0 Å². The number of amides is 1. The topological polar surface area (TPSA) is 82.8 Å². The number of benzene rings is 1. The summed E-state index contributed by atoms with van der Waals surface area (Å²) in [5, 5.41) is 12.4. The van der Waals surface area contributed by atoms with E-state index in [4.69, 9.17) is 21.1 Å². The van der Waals surface area contributed by atoms with Gasteiger partial charge in [0.05, 0.1) is 19.0 Å². The normalized spacial score (nSPS) is 17.6. The number of carboxylic acid groups (broad SMARTS) is 1. The van der Waals surface area contributed by atoms with Crippen molar-refractivity contribution in [3.63, 3.8) is 0 Å². The zero-order valence-electron chi connectivity index (χ0n) is 13.6. The van der Waals surface area contributed by atoms with Gasteiger partial charge in [-0.05, 0) is 49.4 Å². The van der Waals surface area contributed by atoms with E-state index >= 15 is 0 Å². The number of furan rings is 1. The molecule has 1 unspecified atom stereocenters. The van der Waals surface area contributed by atoms with Crippen molar-refractivity contribution in [3.05, 3.63) is 47.2 Å². The third-order valence-corrected chi connectivity index (χ3v) is 4.49. The van der Waals surface area contributed by atoms with Gasteiger partial charge in [-0.1, -0.05) is 11.6 Å². The van der Waals surface area contributed by atoms with Gasteiger partial charge in [0.1, 0.15) is 11.5 Å². The molecule has 25 heavy (non-hydrogen) atoms. The number of carbonyl (C=O) groups excluding carboxylic acids is 1. The molecule has 6 nitrogen and oxygen atoms in total. The average Bonchev–Trinajstić information content (AvgIpc) is 3.23. The maximum absolute atomic E-state index is 12.0. The van der Waals surface area contributed by atoms with Gasteiger partial charge in [0, 0.05) is 17.1 Å². The number of nitrogens with one attached hydrogen (secondary N) is 1. The van der Waals surface area contributed by atoms with Gasteiger partial charge in [0.2, 0.25) is 5.91 Å². The molecule has 132 valence electrons. The summed E-state index contributed by atoms with van der Waals surface area (Å²) >= 11 is 5.87. The standard InChI is InChI=1S/C18H19ClN2O4/c19-14-3-1-12(2-4-14)16-6-5-15(25-16)9-20-17(22)11-21-8-7-13(10-21)18(23)24/h1-6,13H,7-11H2,(H,20,22)(H,23,24). The van der Waals surface area contributed by atoms with Crippen LogP contribution in [0.15, 0.2) is 40.8 Å². The molecule has 2 aromatic rings. The minimum Gasteiger partial charge on any atom is -0.481 e. The monoisotopic (exact) mass is 362 g/mol. The molecule has 1 aliphatic heterocycles. The minimum absolute atomic E-state index is 0.143. The van der Waals surface area contributed by atoms with Gasteiger partial charge >= 0.3 is 5.97 Å². The van der Waals surface area contributed by atoms with E-state index in [0.29, 0.717) is 42.6 Å². The number of rotatable bonds is 6. The van der Waals surface area contributed by atoms with Crippen molar-refractivity contribution in [1.82, 2.24) is 10.2 Å². The van der Waals surface area contributed by atoms with E-state index in [1.165, 1.54) is 0 Å². The number of carboxylic acids is 1. The van der Waals surface area contributed by atoms with Crippen LogP contribution in [0.5, 0.6) is 0 Å². The molecule has 0 aliphatic carbocycles. The number of nitrogens with zero attached hydrogens (tertiary/aromatic N) is 1. The molecule has 0 radical (unpaired) electrons. The SMILES string of the molecule is O=C(CN1CCC(C(=O)O)C1)NCc1ccc(-c2ccc(Cl)cc2)o1. The lowest BCUT2D eigenvalue weighted by atomic mass is 10.1. The second-order valence-electron chi connectivity index (χ2n) is 6.11. The van der Waals surface area contributed by atoms with Crippen molar-refractivity contribution in [1.29, 1.82) is 0 Å². The van der Waals surface area contributed by atoms with Gasteiger partial charge in [-0.3, -0.25) is 14.5 Å². The lowest BCUT2D eigenvalue weighted by Crippen LogP contribution is -2.36. The van der Waals surface area contributed by atoms with E-state index in [1.54, 1.807) is 12.1 Å². The predicted molar refractivity (Wildman–Crippen MR) is 93.2 cm³/mol. The first-order chi connectivity index (χ1) is 12.0. The molecule has 0 spiro atoms. The first-order valence-corrected chi connectivity index (χ1v) is 8.45. The van der Waals surface area contributed by atoms with Crippen molar-refractivity contribution in [2.45, 2.75) is 13.0 Å². The van der Waals surface area contributed by atoms with Crippen molar-refractivity contribution < 1.29 is 19.1 Å². The Labute approximate surface area is 150 Å². The molecule has 1 atom stereocenters. The van der Waals surface area contributed by atoms with Crippen LogP contribution in [0.25, 0.3) is 11.3 Å². The van der Waals surface area contributed by atoms with Gasteiger partial charge < -0.3 is 14.8 Å². The summed E-state index contributed by atoms with van der Waals surface area (Å²) in [6.07, 6.45) is 0.589. The zero-order chi connectivity index (χ0) is 17.8. The maximum Gasteiger partial charge on any atom is 0.307 e. The van der Waals surface area contributed by atoms with Gasteiger partial charge in [-0.15, -0.1) is 0 Å². The zero-order valence-corrected chi connectivity index (χ0v) is 14.3. The Morgan fingerprint density at radius 1 is 1.24 bits per heavy atom. The van der Waals surface area contributed by atoms with Gasteiger partial charge in [0.15, 0.2) is 0 Å². The van der Waals surface area contributed by atoms with Gasteiger partial charge in [0.25, 0.3) is 0 Å². The summed E-state index contributed by atoms with van der Waals surface area (Å²) in [4.78, 5) is 24.8. The smallest absolute Gasteiger partial charge is 0.307 e. The van der Waals surface area contributed by atoms with Gasteiger partial charge in [-0.25, -0.2) is 0 Å². The Kier molecular flexibility index (Phi) is 5.40. The first kappa shape index (κ1) is 17.5. The summed E-state index contributed by atoms with van der Waals surface area (Å²) in [6, 6.07) is 11.0. The Bertz CT molecular complexity index is 757. The summed E-state index contributed by atoms with van der Waals surface area (Å²) in [7, 11) is 0. The second kappa shape index (κ2) is 7.72. The molecule has 0 saturated carbocycles. The highest BCUT2D eigenvalue weighted by Crippen LogP contribution is 2.23. The lowest BCUT2D eigenvalue weighted by Gasteiger charge is -2.14. The Morgan fingerprint density at radius 2 is 2.00 bits per heavy atom. The van der Waals surface area contributed by atoms with Crippen molar-refractivity contribution >= 4 is 23.5 Å². The third-order valence-electron chi connectivity index (χ3n) is 4.24. The van der Waals surface area contributed by atoms with E-state index in [-0.39, 0.29) is 18.4 Å². The number of hydrogen-bond acceptors (Lipinski definition) is 4. The van der Waals surface area contributed by atoms with E-state index < -0.39 is 5.97 Å². The molecule has 2 heterocycles. The van der Waals surface area contributed by atoms with Gasteiger partial charge in [-0.2, -0.15) is 0 Å². The second-order valence-corrected chi connectivity index (χ2v) is 6.54. The largest absolute Gasteiger partial charge is 0.481 e. The van der Waals surface area contributed by atoms with E-state index in [1.807, 2.05) is 29.2 Å². The molecule has 7 heteroatoms. The molecular formula is C18H19ClN2O4. The van der Waals surface area contributed by atoms with Crippen LogP contribution in [-0.4, -0.2) is 41.5 Å². The fourth-order valence-corrected chi connectivity index (χ4v) is 2.99. The highest BCUT2D eigenvalue weighted by atomic mass is 35.5. The molecule has 3 rings (SSSR count). The lowest BCUT2D eigenvalue weighted by molar-refractivity contribution is -0.141. The summed E-state index contributed by atoms with van der Waals surface area (Å²) < 4.78 is 5.73. The van der Waals surface area contributed by atoms with Crippen LogP contribution in [0, 0.1) is 5.92 Å². The van der Waals surface area contributed by atoms with Crippen molar-refractivity contribution in [2.24, 2.45) is 5.92 Å². The summed E-state index contributed by atoms with van der Waals surface area (Å²) in [5.41, 5.74) is 0.916. The van der Waals surface area contributed by atoms with E-state index in [9.17, 15) is 9.59 Å². The van der Waals surface area contributed by atoms with Crippen LogP contribution < -0.4 is 5.32 Å². The molecular weight excluding hydrogens is 344 g/mol. The fraction of sp³-hybridized carbons (Fsp3) is 0.333. The van der Waals surface area contributed by atoms with Crippen LogP contribution in [0.1, 0.15) is 12.2 Å². The fourth-order valence-electron chi connectivity index (χ4n) is 2.86. The van der Waals surface area contributed by atoms with E-state index in [2.05, 4.69) is 5.32 Å². The molecule has 1 aromatic carbocycles. The number of carbonyl (C=O) groups is 2. The molecule has 1 saturated heterocycles. The van der Waals surface area contributed by atoms with Crippen LogP contribution in [-0.2, 0) is 16.1 Å². The average molecular weight is 363 g/mol. The number of aliphatic carboxylic acids is 1. The number of hydrogen-bond donors (Lipinski definition) is 2. The van der Waals surface area contributed by atoms with Crippen molar-refractivity contribution in [2.75, 3.05) is 19.6 Å². The quantitative estimate of drug-likeness (QED) is 0.825. The Morgan fingerprint density at radius 3 is 2.68 bits per heavy atom. The highest BCUT2D eigenvalue weighted by Gasteiger charge is 2.28. The number of halogens is 1. The Balaban J connectivity index is 1.48. The highest BCUT2D eigenvalue weighted by molar-refractivity contribution is 6.30. The molecule has 2 N–H and O–H groups in total. The van der Waals surface area contributed by atoms with E-state index in [0.717, 1.165) is 5.56 Å². The van der Waals surface area contributed by atoms with Crippen LogP contribution >= 0.6 is 11.6 Å². The van der Waals surface area contributed by atoms with Crippen LogP contribution in [0.2, 0.25) is 5.02 Å². The maximum atomic E-state index is 12.0. The summed E-state index contributed by atoms with van der Waals surface area (Å²) in [6.45, 7) is 1.55. The Hall–Kier alpha value is -2.31. The molecule has 1 amide bonds. The molecule has 1 aromatic heterocycles. The first-order valence-electron chi connectivity index (χ1n) is 8.08. The molecule has 1 fully saturated rings. The molecule has 1 aliphatic rings. The van der Waals surface area contributed by atoms with Crippen LogP contribution in [0.4, 0.5) is 0 Å². The minimum atomic E-state index is -0.798. The van der Waals surface area contributed by atoms with Crippen molar-refractivity contribution in [3.8, 4) is 11.3 Å². The summed E-state index contributed by atoms with van der Waals surface area (Å²) in [5.74, 6) is 0.0522. The third kappa shape index (κ3) is 4.61. The molecule has 0 bridgehead atoms. The number of likely N-dealkylation sites (tertiary alicyclic amines) is 1. The predicted octanol–water partition coefficient (Wildman–Crippen LogP) is 2.62.